The summed E-state index contributed by atoms with van der Waals surface area (Å²) in [4.78, 5) is 1.18. The van der Waals surface area contributed by atoms with Crippen molar-refractivity contribution in [1.82, 2.24) is 9.78 Å². The summed E-state index contributed by atoms with van der Waals surface area (Å²) in [5, 5.41) is 6.78. The summed E-state index contributed by atoms with van der Waals surface area (Å²) in [6.45, 7) is 0. The van der Waals surface area contributed by atoms with Gasteiger partial charge in [0.25, 0.3) is 0 Å². The van der Waals surface area contributed by atoms with Crippen LogP contribution in [0.15, 0.2) is 76.7 Å². The lowest BCUT2D eigenvalue weighted by Gasteiger charge is -2.05. The van der Waals surface area contributed by atoms with Crippen LogP contribution in [0.5, 0.6) is 0 Å². The van der Waals surface area contributed by atoms with Crippen LogP contribution in [0.25, 0.3) is 27.7 Å². The maximum atomic E-state index is 5.47. The van der Waals surface area contributed by atoms with Gasteiger partial charge in [0.1, 0.15) is 5.69 Å². The van der Waals surface area contributed by atoms with Crippen molar-refractivity contribution >= 4 is 11.3 Å². The molecule has 0 unspecified atom stereocenters. The van der Waals surface area contributed by atoms with E-state index in [2.05, 4.69) is 35.7 Å². The van der Waals surface area contributed by atoms with Crippen LogP contribution in [0.2, 0.25) is 0 Å². The largest absolute Gasteiger partial charge is 0.463 e. The third-order valence-electron chi connectivity index (χ3n) is 3.26. The zero-order valence-corrected chi connectivity index (χ0v) is 12.0. The number of hydrogen-bond acceptors (Lipinski definition) is 3. The van der Waals surface area contributed by atoms with Crippen molar-refractivity contribution in [3.63, 3.8) is 0 Å². The van der Waals surface area contributed by atoms with Crippen LogP contribution in [-0.4, -0.2) is 9.78 Å². The van der Waals surface area contributed by atoms with Crippen molar-refractivity contribution < 1.29 is 4.42 Å². The summed E-state index contributed by atoms with van der Waals surface area (Å²) in [7, 11) is 0. The van der Waals surface area contributed by atoms with Gasteiger partial charge in [-0.15, -0.1) is 11.3 Å². The minimum Gasteiger partial charge on any atom is -0.463 e. The molecule has 0 atom stereocenters. The molecule has 21 heavy (non-hydrogen) atoms. The lowest BCUT2D eigenvalue weighted by Crippen LogP contribution is -1.97. The Balaban J connectivity index is 1.92. The topological polar surface area (TPSA) is 31.0 Å². The maximum absolute atomic E-state index is 5.47. The van der Waals surface area contributed by atoms with Crippen molar-refractivity contribution in [1.29, 1.82) is 0 Å². The number of benzene rings is 1. The minimum absolute atomic E-state index is 0.780. The summed E-state index contributed by atoms with van der Waals surface area (Å²) < 4.78 is 7.43. The van der Waals surface area contributed by atoms with Crippen molar-refractivity contribution in [2.24, 2.45) is 0 Å². The first-order chi connectivity index (χ1) is 10.4. The van der Waals surface area contributed by atoms with Gasteiger partial charge in [0.2, 0.25) is 0 Å². The van der Waals surface area contributed by atoms with E-state index < -0.39 is 0 Å². The van der Waals surface area contributed by atoms with Gasteiger partial charge in [-0.2, -0.15) is 5.10 Å². The van der Waals surface area contributed by atoms with Gasteiger partial charge in [-0.25, -0.2) is 4.68 Å². The van der Waals surface area contributed by atoms with E-state index in [-0.39, 0.29) is 0 Å². The molecule has 3 aromatic heterocycles. The summed E-state index contributed by atoms with van der Waals surface area (Å²) >= 11 is 1.70. The Labute approximate surface area is 126 Å². The van der Waals surface area contributed by atoms with Gasteiger partial charge in [0, 0.05) is 0 Å². The average Bonchev–Trinajstić information content (AvgIpc) is 3.27. The molecule has 1 aromatic carbocycles. The molecule has 0 aliphatic carbocycles. The highest BCUT2D eigenvalue weighted by Crippen LogP contribution is 2.31. The number of para-hydroxylation sites is 1. The van der Waals surface area contributed by atoms with E-state index in [1.807, 2.05) is 35.0 Å². The molecular weight excluding hydrogens is 280 g/mol. The van der Waals surface area contributed by atoms with Gasteiger partial charge in [-0.1, -0.05) is 24.3 Å². The molecule has 0 bridgehead atoms. The number of rotatable bonds is 3. The molecule has 102 valence electrons. The fourth-order valence-electron chi connectivity index (χ4n) is 2.29. The SMILES string of the molecule is c1ccc(-n2nc(-c3ccco3)cc2-c2cccs2)cc1. The highest BCUT2D eigenvalue weighted by atomic mass is 32.1. The van der Waals surface area contributed by atoms with Crippen LogP contribution in [-0.2, 0) is 0 Å². The van der Waals surface area contributed by atoms with Crippen LogP contribution >= 0.6 is 11.3 Å². The smallest absolute Gasteiger partial charge is 0.154 e. The number of hydrogen-bond donors (Lipinski definition) is 0. The zero-order valence-electron chi connectivity index (χ0n) is 11.1. The maximum Gasteiger partial charge on any atom is 0.154 e. The quantitative estimate of drug-likeness (QED) is 0.540. The van der Waals surface area contributed by atoms with Gasteiger partial charge >= 0.3 is 0 Å². The molecular formula is C17H12N2OS. The van der Waals surface area contributed by atoms with E-state index in [1.165, 1.54) is 4.88 Å². The van der Waals surface area contributed by atoms with Crippen molar-refractivity contribution in [2.75, 3.05) is 0 Å². The second-order valence-corrected chi connectivity index (χ2v) is 5.56. The van der Waals surface area contributed by atoms with E-state index in [0.29, 0.717) is 0 Å². The van der Waals surface area contributed by atoms with Crippen molar-refractivity contribution in [3.8, 4) is 27.7 Å². The lowest BCUT2D eigenvalue weighted by atomic mass is 10.2. The Kier molecular flexibility index (Phi) is 2.94. The van der Waals surface area contributed by atoms with E-state index in [9.17, 15) is 0 Å². The predicted octanol–water partition coefficient (Wildman–Crippen LogP) is 4.86. The van der Waals surface area contributed by atoms with Gasteiger partial charge in [0.05, 0.1) is 22.5 Å². The Morgan fingerprint density at radius 2 is 1.86 bits per heavy atom. The number of furan rings is 1. The van der Waals surface area contributed by atoms with Crippen LogP contribution in [0.3, 0.4) is 0 Å². The lowest BCUT2D eigenvalue weighted by molar-refractivity contribution is 0.579. The molecule has 4 aromatic rings. The second kappa shape index (κ2) is 5.07. The van der Waals surface area contributed by atoms with E-state index in [1.54, 1.807) is 17.6 Å². The molecule has 0 saturated carbocycles. The molecule has 0 saturated heterocycles. The van der Waals surface area contributed by atoms with Gasteiger partial charge in [-0.3, -0.25) is 0 Å². The van der Waals surface area contributed by atoms with E-state index in [0.717, 1.165) is 22.8 Å². The molecule has 0 fully saturated rings. The number of nitrogens with zero attached hydrogens (tertiary/aromatic N) is 2. The minimum atomic E-state index is 0.780. The first kappa shape index (κ1) is 12.2. The highest BCUT2D eigenvalue weighted by molar-refractivity contribution is 7.13. The molecule has 3 nitrogen and oxygen atoms in total. The number of thiophene rings is 1. The molecule has 4 rings (SSSR count). The summed E-state index contributed by atoms with van der Waals surface area (Å²) in [5.41, 5.74) is 2.95. The molecule has 0 spiro atoms. The van der Waals surface area contributed by atoms with Crippen LogP contribution < -0.4 is 0 Å². The highest BCUT2D eigenvalue weighted by Gasteiger charge is 2.14. The molecule has 0 N–H and O–H groups in total. The molecule has 0 amide bonds. The van der Waals surface area contributed by atoms with Crippen molar-refractivity contribution in [3.05, 3.63) is 72.3 Å². The van der Waals surface area contributed by atoms with Gasteiger partial charge in [0.15, 0.2) is 5.76 Å². The predicted molar refractivity (Wildman–Crippen MR) is 84.6 cm³/mol. The normalized spacial score (nSPS) is 10.9. The van der Waals surface area contributed by atoms with E-state index >= 15 is 0 Å². The zero-order chi connectivity index (χ0) is 14.1. The Hall–Kier alpha value is -2.59. The fourth-order valence-corrected chi connectivity index (χ4v) is 3.02. The fraction of sp³-hybridized carbons (Fsp3) is 0. The number of aromatic nitrogens is 2. The molecule has 0 radical (unpaired) electrons. The average molecular weight is 292 g/mol. The molecule has 3 heterocycles. The van der Waals surface area contributed by atoms with Crippen LogP contribution in [0, 0.1) is 0 Å². The molecule has 4 heteroatoms. The van der Waals surface area contributed by atoms with E-state index in [4.69, 9.17) is 9.52 Å². The van der Waals surface area contributed by atoms with Crippen LogP contribution in [0.4, 0.5) is 0 Å². The summed E-state index contributed by atoms with van der Waals surface area (Å²) in [6.07, 6.45) is 1.67. The third-order valence-corrected chi connectivity index (χ3v) is 4.15. The Morgan fingerprint density at radius 3 is 2.57 bits per heavy atom. The van der Waals surface area contributed by atoms with Crippen molar-refractivity contribution in [2.45, 2.75) is 0 Å². The first-order valence-corrected chi connectivity index (χ1v) is 7.53. The molecule has 0 aliphatic rings. The Bertz CT molecular complexity index is 830. The van der Waals surface area contributed by atoms with Crippen LogP contribution in [0.1, 0.15) is 0 Å². The van der Waals surface area contributed by atoms with Gasteiger partial charge < -0.3 is 4.42 Å². The third kappa shape index (κ3) is 2.19. The van der Waals surface area contributed by atoms with Gasteiger partial charge in [-0.05, 0) is 41.8 Å². The monoisotopic (exact) mass is 292 g/mol. The second-order valence-electron chi connectivity index (χ2n) is 4.62. The first-order valence-electron chi connectivity index (χ1n) is 6.65. The Morgan fingerprint density at radius 1 is 0.952 bits per heavy atom. The standard InChI is InChI=1S/C17H12N2OS/c1-2-6-13(7-3-1)19-15(17-9-5-11-21-17)12-14(18-19)16-8-4-10-20-16/h1-12H. The summed E-state index contributed by atoms with van der Waals surface area (Å²) in [6, 6.07) is 20.2. The molecule has 0 aliphatic heterocycles. The summed E-state index contributed by atoms with van der Waals surface area (Å²) in [5.74, 6) is 0.780.